The molecule has 3 N–H and O–H groups in total. The van der Waals surface area contributed by atoms with E-state index >= 15 is 0 Å². The minimum atomic E-state index is -1.29. The number of halogens is 1. The number of fused-ring (bicyclic) bond motifs is 1. The highest BCUT2D eigenvalue weighted by molar-refractivity contribution is 9.10. The molecule has 0 aliphatic carbocycles. The molecule has 1 amide bonds. The van der Waals surface area contributed by atoms with Crippen LogP contribution in [0.2, 0.25) is 0 Å². The largest absolute Gasteiger partial charge is 0.481 e. The van der Waals surface area contributed by atoms with Gasteiger partial charge in [-0.3, -0.25) is 14.0 Å². The van der Waals surface area contributed by atoms with Crippen molar-refractivity contribution in [3.63, 3.8) is 0 Å². The lowest BCUT2D eigenvalue weighted by atomic mass is 10.1. The van der Waals surface area contributed by atoms with Crippen molar-refractivity contribution in [1.29, 1.82) is 0 Å². The average Bonchev–Trinajstić information content (AvgIpc) is 2.79. The molecular weight excluding hydrogens is 382 g/mol. The Morgan fingerprint density at radius 3 is 2.58 bits per heavy atom. The van der Waals surface area contributed by atoms with E-state index < -0.39 is 23.9 Å². The van der Waals surface area contributed by atoms with Crippen molar-refractivity contribution < 1.29 is 24.6 Å². The summed E-state index contributed by atoms with van der Waals surface area (Å²) in [6, 6.07) is 0.572. The maximum absolute atomic E-state index is 12.5. The highest BCUT2D eigenvalue weighted by atomic mass is 79.9. The van der Waals surface area contributed by atoms with E-state index in [1.807, 2.05) is 13.0 Å². The molecule has 9 heteroatoms. The molecule has 2 aromatic heterocycles. The van der Waals surface area contributed by atoms with Crippen LogP contribution in [-0.4, -0.2) is 43.5 Å². The standard InChI is InChI=1S/C15H16BrN3O5/c1-7-5-9(16)6-19-12(8(2)17-13(7)19)14(22)18-10(15(23)24)3-4-11(20)21/h5-6,10H,3-4H2,1-2H3,(H,18,22)(H,20,21)(H,23,24). The molecule has 0 fully saturated rings. The maximum Gasteiger partial charge on any atom is 0.326 e. The van der Waals surface area contributed by atoms with E-state index in [2.05, 4.69) is 26.2 Å². The molecule has 0 bridgehead atoms. The van der Waals surface area contributed by atoms with E-state index in [9.17, 15) is 14.4 Å². The number of rotatable bonds is 6. The van der Waals surface area contributed by atoms with Crippen molar-refractivity contribution in [3.05, 3.63) is 33.7 Å². The summed E-state index contributed by atoms with van der Waals surface area (Å²) in [5.41, 5.74) is 2.12. The molecule has 0 aromatic carbocycles. The summed E-state index contributed by atoms with van der Waals surface area (Å²) in [4.78, 5) is 38.7. The number of aromatic nitrogens is 2. The lowest BCUT2D eigenvalue weighted by molar-refractivity contribution is -0.140. The number of nitrogens with zero attached hydrogens (tertiary/aromatic N) is 2. The van der Waals surface area contributed by atoms with Gasteiger partial charge in [-0.25, -0.2) is 9.78 Å². The van der Waals surface area contributed by atoms with Gasteiger partial charge in [0.2, 0.25) is 0 Å². The quantitative estimate of drug-likeness (QED) is 0.682. The number of pyridine rings is 1. The van der Waals surface area contributed by atoms with E-state index in [1.54, 1.807) is 17.5 Å². The van der Waals surface area contributed by atoms with Crippen molar-refractivity contribution >= 4 is 39.4 Å². The first-order valence-corrected chi connectivity index (χ1v) is 7.90. The molecule has 24 heavy (non-hydrogen) atoms. The summed E-state index contributed by atoms with van der Waals surface area (Å²) in [6.07, 6.45) is 1.12. The van der Waals surface area contributed by atoms with Crippen LogP contribution in [0.15, 0.2) is 16.7 Å². The zero-order valence-corrected chi connectivity index (χ0v) is 14.6. The Morgan fingerprint density at radius 1 is 1.33 bits per heavy atom. The number of carboxylic acid groups (broad SMARTS) is 2. The molecule has 1 unspecified atom stereocenters. The van der Waals surface area contributed by atoms with E-state index in [4.69, 9.17) is 10.2 Å². The summed E-state index contributed by atoms with van der Waals surface area (Å²) >= 11 is 3.35. The predicted molar refractivity (Wildman–Crippen MR) is 88.1 cm³/mol. The number of aliphatic carboxylic acids is 2. The van der Waals surface area contributed by atoms with Gasteiger partial charge in [0.25, 0.3) is 5.91 Å². The van der Waals surface area contributed by atoms with Gasteiger partial charge in [0.05, 0.1) is 5.69 Å². The normalized spacial score (nSPS) is 12.1. The third kappa shape index (κ3) is 3.73. The molecule has 0 aliphatic heterocycles. The molecule has 1 atom stereocenters. The number of carbonyl (C=O) groups is 3. The van der Waals surface area contributed by atoms with E-state index in [1.165, 1.54) is 0 Å². The predicted octanol–water partition coefficient (Wildman–Crippen LogP) is 1.76. The first kappa shape index (κ1) is 17.9. The Morgan fingerprint density at radius 2 is 2.00 bits per heavy atom. The van der Waals surface area contributed by atoms with Crippen LogP contribution in [0, 0.1) is 13.8 Å². The van der Waals surface area contributed by atoms with Gasteiger partial charge in [0.1, 0.15) is 17.4 Å². The second-order valence-corrected chi connectivity index (χ2v) is 6.29. The Bertz CT molecular complexity index is 830. The van der Waals surface area contributed by atoms with Gasteiger partial charge in [0, 0.05) is 17.1 Å². The molecular formula is C15H16BrN3O5. The van der Waals surface area contributed by atoms with Crippen LogP contribution >= 0.6 is 15.9 Å². The summed E-state index contributed by atoms with van der Waals surface area (Å²) in [5.74, 6) is -3.02. The zero-order chi connectivity index (χ0) is 18.0. The van der Waals surface area contributed by atoms with Gasteiger partial charge in [0.15, 0.2) is 0 Å². The van der Waals surface area contributed by atoms with Crippen LogP contribution < -0.4 is 5.32 Å². The maximum atomic E-state index is 12.5. The Hall–Kier alpha value is -2.42. The van der Waals surface area contributed by atoms with Crippen molar-refractivity contribution in [3.8, 4) is 0 Å². The first-order valence-electron chi connectivity index (χ1n) is 7.11. The highest BCUT2D eigenvalue weighted by Crippen LogP contribution is 2.20. The summed E-state index contributed by atoms with van der Waals surface area (Å²) in [7, 11) is 0. The Balaban J connectivity index is 2.35. The fraction of sp³-hybridized carbons (Fsp3) is 0.333. The monoisotopic (exact) mass is 397 g/mol. The lowest BCUT2D eigenvalue weighted by Gasteiger charge is -2.14. The summed E-state index contributed by atoms with van der Waals surface area (Å²) < 4.78 is 2.33. The molecule has 2 aromatic rings. The van der Waals surface area contributed by atoms with Crippen molar-refractivity contribution in [2.24, 2.45) is 0 Å². The molecule has 2 heterocycles. The molecule has 2 rings (SSSR count). The number of carbonyl (C=O) groups excluding carboxylic acids is 1. The van der Waals surface area contributed by atoms with Crippen molar-refractivity contribution in [2.45, 2.75) is 32.7 Å². The fourth-order valence-electron chi connectivity index (χ4n) is 2.41. The Labute approximate surface area is 145 Å². The topological polar surface area (TPSA) is 121 Å². The minimum absolute atomic E-state index is 0.199. The number of carboxylic acids is 2. The Kier molecular flexibility index (Phi) is 5.23. The summed E-state index contributed by atoms with van der Waals surface area (Å²) in [6.45, 7) is 3.50. The third-order valence-electron chi connectivity index (χ3n) is 3.51. The van der Waals surface area contributed by atoms with Crippen LogP contribution in [0.3, 0.4) is 0 Å². The van der Waals surface area contributed by atoms with Gasteiger partial charge in [-0.05, 0) is 47.8 Å². The lowest BCUT2D eigenvalue weighted by Crippen LogP contribution is -2.41. The molecule has 8 nitrogen and oxygen atoms in total. The van der Waals surface area contributed by atoms with E-state index in [-0.39, 0.29) is 18.5 Å². The molecule has 0 spiro atoms. The average molecular weight is 398 g/mol. The number of imidazole rings is 1. The van der Waals surface area contributed by atoms with Crippen LogP contribution in [-0.2, 0) is 9.59 Å². The number of nitrogens with one attached hydrogen (secondary N) is 1. The molecule has 0 saturated carbocycles. The minimum Gasteiger partial charge on any atom is -0.481 e. The molecule has 128 valence electrons. The molecule has 0 aliphatic rings. The second kappa shape index (κ2) is 7.00. The summed E-state index contributed by atoms with van der Waals surface area (Å²) in [5, 5.41) is 20.2. The van der Waals surface area contributed by atoms with Gasteiger partial charge < -0.3 is 15.5 Å². The van der Waals surface area contributed by atoms with Gasteiger partial charge in [-0.2, -0.15) is 0 Å². The highest BCUT2D eigenvalue weighted by Gasteiger charge is 2.25. The van der Waals surface area contributed by atoms with Gasteiger partial charge in [-0.1, -0.05) is 0 Å². The van der Waals surface area contributed by atoms with Crippen LogP contribution in [0.25, 0.3) is 5.65 Å². The SMILES string of the molecule is Cc1nc2c(C)cc(Br)cn2c1C(=O)NC(CCC(=O)O)C(=O)O. The first-order chi connectivity index (χ1) is 11.2. The molecule has 0 saturated heterocycles. The van der Waals surface area contributed by atoms with E-state index in [0.717, 1.165) is 10.0 Å². The second-order valence-electron chi connectivity index (χ2n) is 5.38. The number of amides is 1. The van der Waals surface area contributed by atoms with Crippen molar-refractivity contribution in [1.82, 2.24) is 14.7 Å². The number of hydrogen-bond acceptors (Lipinski definition) is 4. The number of hydrogen-bond donors (Lipinski definition) is 3. The van der Waals surface area contributed by atoms with E-state index in [0.29, 0.717) is 11.3 Å². The van der Waals surface area contributed by atoms with Crippen LogP contribution in [0.1, 0.15) is 34.6 Å². The zero-order valence-electron chi connectivity index (χ0n) is 13.0. The van der Waals surface area contributed by atoms with Crippen molar-refractivity contribution in [2.75, 3.05) is 0 Å². The van der Waals surface area contributed by atoms with Gasteiger partial charge in [-0.15, -0.1) is 0 Å². The molecule has 0 radical (unpaired) electrons. The third-order valence-corrected chi connectivity index (χ3v) is 3.94. The van der Waals surface area contributed by atoms with Gasteiger partial charge >= 0.3 is 11.9 Å². The smallest absolute Gasteiger partial charge is 0.326 e. The fourth-order valence-corrected chi connectivity index (χ4v) is 2.96. The van der Waals surface area contributed by atoms with Crippen LogP contribution in [0.4, 0.5) is 0 Å². The number of aryl methyl sites for hydroxylation is 2. The van der Waals surface area contributed by atoms with Crippen LogP contribution in [0.5, 0.6) is 0 Å².